The lowest BCUT2D eigenvalue weighted by molar-refractivity contribution is 0.0778. The second-order valence-electron chi connectivity index (χ2n) is 21.4. The van der Waals surface area contributed by atoms with Crippen molar-refractivity contribution in [3.63, 3.8) is 0 Å². The zero-order valence-corrected chi connectivity index (χ0v) is 44.8. The lowest BCUT2D eigenvalue weighted by Gasteiger charge is -2.18. The van der Waals surface area contributed by atoms with Gasteiger partial charge in [0.25, 0.3) is 17.0 Å². The minimum absolute atomic E-state index is 0.00275. The number of fused-ring (bicyclic) bond motifs is 2. The Hall–Kier alpha value is -10.2. The zero-order chi connectivity index (χ0) is 57.5. The van der Waals surface area contributed by atoms with Gasteiger partial charge in [-0.3, -0.25) is 23.5 Å². The molecule has 2 atom stereocenters. The number of hydrogen-bond donors (Lipinski definition) is 6. The lowest BCUT2D eigenvalue weighted by Crippen LogP contribution is -2.30. The zero-order valence-electron chi connectivity index (χ0n) is 44.8. The number of pyridine rings is 2. The number of carbonyl (C=O) groups is 1. The van der Waals surface area contributed by atoms with Crippen molar-refractivity contribution in [2.45, 2.75) is 63.2 Å². The number of amides is 1. The van der Waals surface area contributed by atoms with E-state index in [0.29, 0.717) is 80.4 Å². The summed E-state index contributed by atoms with van der Waals surface area (Å²) in [5.74, 6) is -1.25. The van der Waals surface area contributed by atoms with Crippen molar-refractivity contribution in [3.05, 3.63) is 176 Å². The van der Waals surface area contributed by atoms with Crippen LogP contribution < -0.4 is 33.2 Å². The molecule has 4 aromatic carbocycles. The topological polar surface area (TPSA) is 292 Å². The number of hydrogen-bond acceptors (Lipinski definition) is 16. The molecule has 3 aliphatic carbocycles. The number of aliphatic hydroxyl groups excluding tert-OH is 2. The molecule has 83 heavy (non-hydrogen) atoms. The predicted octanol–water partition coefficient (Wildman–Crippen LogP) is 8.01. The number of aryl methyl sites for hydroxylation is 1. The first kappa shape index (κ1) is 52.2. The SMILES string of the molecule is CN(CC1CC1c1cc(F)c2c(=O)n(-c3cccc(-c4nc(N)nc(Nc5cc(C#N)n(C6CC6)c5)n4)c3CO)ccc2c1)C(=O)c1cc(Nc2nc(N)nc(-c3cccc(-n4ccc5cc(C6CC6)cc(F)c5c4=O)c3CO)n2)cn1C. The van der Waals surface area contributed by atoms with Gasteiger partial charge in [0.05, 0.1) is 46.7 Å². The van der Waals surface area contributed by atoms with Gasteiger partial charge < -0.3 is 46.3 Å². The molecule has 23 heteroatoms. The van der Waals surface area contributed by atoms with Gasteiger partial charge in [-0.2, -0.15) is 35.2 Å². The van der Waals surface area contributed by atoms with E-state index in [4.69, 9.17) is 11.5 Å². The van der Waals surface area contributed by atoms with Gasteiger partial charge in [-0.25, -0.2) is 8.78 Å². The van der Waals surface area contributed by atoms with E-state index >= 15 is 8.78 Å². The number of nitriles is 1. The fourth-order valence-corrected chi connectivity index (χ4v) is 11.3. The lowest BCUT2D eigenvalue weighted by atomic mass is 10.0. The molecular weight excluding hydrogens is 1060 g/mol. The highest BCUT2D eigenvalue weighted by Gasteiger charge is 2.40. The van der Waals surface area contributed by atoms with E-state index in [1.165, 1.54) is 27.5 Å². The quantitative estimate of drug-likeness (QED) is 0.0534. The van der Waals surface area contributed by atoms with Crippen molar-refractivity contribution in [3.8, 4) is 40.2 Å². The number of nitrogen functional groups attached to an aromatic ring is 2. The summed E-state index contributed by atoms with van der Waals surface area (Å²) in [6, 6.07) is 25.6. The van der Waals surface area contributed by atoms with Crippen LogP contribution in [0.1, 0.15) is 88.4 Å². The second kappa shape index (κ2) is 20.4. The molecule has 6 aromatic heterocycles. The fraction of sp³-hybridized carbons (Fsp3) is 0.233. The van der Waals surface area contributed by atoms with E-state index in [1.54, 1.807) is 103 Å². The van der Waals surface area contributed by atoms with E-state index in [9.17, 15) is 29.9 Å². The molecule has 3 fully saturated rings. The van der Waals surface area contributed by atoms with E-state index in [-0.39, 0.29) is 81.3 Å². The van der Waals surface area contributed by atoms with Gasteiger partial charge in [0.15, 0.2) is 11.6 Å². The molecule has 416 valence electrons. The van der Waals surface area contributed by atoms with Crippen LogP contribution in [0.2, 0.25) is 0 Å². The van der Waals surface area contributed by atoms with Crippen LogP contribution in [0.15, 0.2) is 119 Å². The van der Waals surface area contributed by atoms with E-state index < -0.39 is 36.0 Å². The number of rotatable bonds is 16. The van der Waals surface area contributed by atoms with Crippen LogP contribution in [-0.4, -0.2) is 82.8 Å². The maximum absolute atomic E-state index is 16.3. The summed E-state index contributed by atoms with van der Waals surface area (Å²) in [5.41, 5.74) is 16.5. The molecule has 13 rings (SSSR count). The third kappa shape index (κ3) is 9.72. The van der Waals surface area contributed by atoms with Crippen LogP contribution in [-0.2, 0) is 20.3 Å². The standard InChI is InChI=1S/C60H52F2N16O5/c1-74-26-37(67-60-71-53(69-58(65)73-60)41-6-4-7-47(44(41)29-80)76-15-13-31-17-33(30-9-10-30)20-45(61)50(31)55(76)82)23-49(74)54(81)75(2)25-35-19-42(35)34-18-32-14-16-77(56(83)51(32)46(62)21-34)48-8-3-5-40(43(48)28-79)52-68-57(64)72-59(70-52)66-36-22-39(24-63)78(27-36)38-11-12-38/h3-8,13-18,20-23,26-27,30,35,38,42,79-80H,9-12,19,25,28-29H2,1-2H3,(H3,64,66,68,70,72)(H3,65,67,69,71,73). The summed E-state index contributed by atoms with van der Waals surface area (Å²) in [6.45, 7) is -0.689. The molecule has 0 bridgehead atoms. The number of benzene rings is 4. The van der Waals surface area contributed by atoms with Gasteiger partial charge >= 0.3 is 0 Å². The third-order valence-corrected chi connectivity index (χ3v) is 15.8. The Morgan fingerprint density at radius 3 is 1.80 bits per heavy atom. The van der Waals surface area contributed by atoms with Gasteiger partial charge in [0.1, 0.15) is 29.1 Å². The van der Waals surface area contributed by atoms with Crippen molar-refractivity contribution >= 4 is 62.6 Å². The van der Waals surface area contributed by atoms with Crippen molar-refractivity contribution < 1.29 is 23.8 Å². The van der Waals surface area contributed by atoms with Gasteiger partial charge in [0, 0.05) is 73.7 Å². The Labute approximate surface area is 470 Å². The number of nitrogens with one attached hydrogen (secondary N) is 2. The highest BCUT2D eigenvalue weighted by molar-refractivity contribution is 5.94. The maximum atomic E-state index is 16.3. The smallest absolute Gasteiger partial charge is 0.270 e. The summed E-state index contributed by atoms with van der Waals surface area (Å²) < 4.78 is 37.9. The molecule has 2 unspecified atom stereocenters. The van der Waals surface area contributed by atoms with Gasteiger partial charge in [-0.15, -0.1) is 0 Å². The normalized spacial score (nSPS) is 15.6. The molecule has 8 N–H and O–H groups in total. The predicted molar refractivity (Wildman–Crippen MR) is 306 cm³/mol. The van der Waals surface area contributed by atoms with Crippen molar-refractivity contribution in [2.24, 2.45) is 13.0 Å². The van der Waals surface area contributed by atoms with Crippen LogP contribution >= 0.6 is 0 Å². The molecule has 0 saturated heterocycles. The summed E-state index contributed by atoms with van der Waals surface area (Å²) >= 11 is 0. The minimum atomic E-state index is -0.708. The Morgan fingerprint density at radius 1 is 0.723 bits per heavy atom. The number of aliphatic hydroxyl groups is 2. The monoisotopic (exact) mass is 1110 g/mol. The molecule has 21 nitrogen and oxygen atoms in total. The second-order valence-corrected chi connectivity index (χ2v) is 21.4. The molecule has 3 saturated carbocycles. The molecule has 6 heterocycles. The number of anilines is 6. The Bertz CT molecular complexity index is 4500. The first-order valence-electron chi connectivity index (χ1n) is 26.9. The van der Waals surface area contributed by atoms with Crippen LogP contribution in [0.5, 0.6) is 0 Å². The van der Waals surface area contributed by atoms with Crippen molar-refractivity contribution in [2.75, 3.05) is 35.7 Å². The van der Waals surface area contributed by atoms with Gasteiger partial charge in [-0.05, 0) is 120 Å². The Balaban J connectivity index is 0.692. The molecule has 0 aliphatic heterocycles. The van der Waals surface area contributed by atoms with Crippen LogP contribution in [0.25, 0.3) is 55.7 Å². The molecular formula is C60H52F2N16O5. The fourth-order valence-electron chi connectivity index (χ4n) is 11.3. The Morgan fingerprint density at radius 2 is 1.27 bits per heavy atom. The summed E-state index contributed by atoms with van der Waals surface area (Å²) in [5, 5.41) is 38.1. The average Bonchev–Trinajstić information content (AvgIpc) is 3.36. The highest BCUT2D eigenvalue weighted by atomic mass is 19.1. The average molecular weight is 1120 g/mol. The number of nitrogens with zero attached hydrogens (tertiary/aromatic N) is 12. The van der Waals surface area contributed by atoms with Gasteiger partial charge in [0.2, 0.25) is 23.8 Å². The number of aromatic nitrogens is 10. The Kier molecular flexibility index (Phi) is 12.8. The van der Waals surface area contributed by atoms with E-state index in [1.807, 2.05) is 16.8 Å². The first-order valence-corrected chi connectivity index (χ1v) is 26.9. The summed E-state index contributed by atoms with van der Waals surface area (Å²) in [7, 11) is 3.42. The summed E-state index contributed by atoms with van der Waals surface area (Å²) in [6.07, 6.45) is 11.2. The number of halogens is 2. The first-order chi connectivity index (χ1) is 40.1. The van der Waals surface area contributed by atoms with Crippen molar-refractivity contribution in [1.82, 2.24) is 53.1 Å². The maximum Gasteiger partial charge on any atom is 0.270 e. The minimum Gasteiger partial charge on any atom is -0.392 e. The van der Waals surface area contributed by atoms with E-state index in [2.05, 4.69) is 46.6 Å². The third-order valence-electron chi connectivity index (χ3n) is 15.8. The molecule has 0 radical (unpaired) electrons. The van der Waals surface area contributed by atoms with E-state index in [0.717, 1.165) is 31.2 Å². The van der Waals surface area contributed by atoms with Gasteiger partial charge in [-0.1, -0.05) is 36.4 Å². The molecule has 1 amide bonds. The van der Waals surface area contributed by atoms with Crippen molar-refractivity contribution in [1.29, 1.82) is 5.26 Å². The molecule has 3 aliphatic rings. The molecule has 0 spiro atoms. The number of carbonyl (C=O) groups excluding carboxylic acids is 1. The van der Waals surface area contributed by atoms with Crippen LogP contribution in [0.4, 0.5) is 43.9 Å². The highest BCUT2D eigenvalue weighted by Crippen LogP contribution is 2.49. The van der Waals surface area contributed by atoms with Crippen LogP contribution in [0, 0.1) is 28.9 Å². The van der Waals surface area contributed by atoms with Crippen LogP contribution in [0.3, 0.4) is 0 Å². The largest absolute Gasteiger partial charge is 0.392 e. The summed E-state index contributed by atoms with van der Waals surface area (Å²) in [4.78, 5) is 70.1. The molecule has 10 aromatic rings. The number of nitrogens with two attached hydrogens (primary N) is 2.